The number of nitrogens with one attached hydrogen (secondary N) is 1. The maximum atomic E-state index is 12.4. The molecule has 0 radical (unpaired) electrons. The minimum atomic E-state index is -4.25. The lowest BCUT2D eigenvalue weighted by atomic mass is 10.2. The maximum absolute atomic E-state index is 12.4. The van der Waals surface area contributed by atoms with Crippen molar-refractivity contribution in [2.24, 2.45) is 5.10 Å². The summed E-state index contributed by atoms with van der Waals surface area (Å²) in [4.78, 5) is 11.8. The van der Waals surface area contributed by atoms with Crippen LogP contribution in [0, 0.1) is 10.1 Å². The zero-order valence-electron chi connectivity index (χ0n) is 17.1. The summed E-state index contributed by atoms with van der Waals surface area (Å²) in [6, 6.07) is 15.4. The molecule has 0 saturated carbocycles. The zero-order chi connectivity index (χ0) is 24.0. The van der Waals surface area contributed by atoms with Crippen LogP contribution in [-0.2, 0) is 16.6 Å². The molecule has 3 rings (SSSR count). The molecule has 0 aliphatic heterocycles. The number of halogens is 2. The van der Waals surface area contributed by atoms with Crippen molar-refractivity contribution in [2.75, 3.05) is 7.11 Å². The molecule has 1 N–H and O–H groups in total. The second-order valence-electron chi connectivity index (χ2n) is 6.53. The molecule has 0 aliphatic rings. The van der Waals surface area contributed by atoms with Crippen LogP contribution >= 0.6 is 27.5 Å². The highest BCUT2D eigenvalue weighted by atomic mass is 79.9. The molecule has 0 atom stereocenters. The third kappa shape index (κ3) is 6.21. The number of hydrogen-bond acceptors (Lipinski definition) is 7. The first-order valence-corrected chi connectivity index (χ1v) is 11.9. The second-order valence-corrected chi connectivity index (χ2v) is 9.45. The van der Waals surface area contributed by atoms with Gasteiger partial charge in [-0.25, -0.2) is 0 Å². The molecule has 9 nitrogen and oxygen atoms in total. The smallest absolute Gasteiger partial charge is 0.289 e. The molecule has 0 bridgehead atoms. The fourth-order valence-electron chi connectivity index (χ4n) is 2.75. The summed E-state index contributed by atoms with van der Waals surface area (Å²) < 4.78 is 36.7. The average Bonchev–Trinajstić information content (AvgIpc) is 2.79. The van der Waals surface area contributed by atoms with E-state index in [9.17, 15) is 18.5 Å². The van der Waals surface area contributed by atoms with Gasteiger partial charge in [0, 0.05) is 11.1 Å². The molecule has 0 unspecified atom stereocenters. The maximum Gasteiger partial charge on any atom is 0.289 e. The van der Waals surface area contributed by atoms with Gasteiger partial charge in [0.05, 0.1) is 22.7 Å². The van der Waals surface area contributed by atoms with E-state index in [0.29, 0.717) is 26.6 Å². The van der Waals surface area contributed by atoms with E-state index in [-0.39, 0.29) is 6.61 Å². The topological polar surface area (TPSA) is 120 Å². The van der Waals surface area contributed by atoms with Crippen LogP contribution in [0.15, 0.2) is 75.1 Å². The SMILES string of the molecule is COc1cc(/C=N\NS(=O)(=O)c2ccccc2[N+](=O)[O-])cc(Br)c1OCc1ccc(Cl)cc1. The summed E-state index contributed by atoms with van der Waals surface area (Å²) >= 11 is 9.31. The van der Waals surface area contributed by atoms with E-state index >= 15 is 0 Å². The van der Waals surface area contributed by atoms with Gasteiger partial charge in [0.1, 0.15) is 6.61 Å². The van der Waals surface area contributed by atoms with Crippen molar-refractivity contribution in [3.8, 4) is 11.5 Å². The van der Waals surface area contributed by atoms with Gasteiger partial charge >= 0.3 is 0 Å². The Morgan fingerprint density at radius 3 is 2.55 bits per heavy atom. The Balaban J connectivity index is 1.77. The Morgan fingerprint density at radius 1 is 1.18 bits per heavy atom. The predicted octanol–water partition coefficient (Wildman–Crippen LogP) is 4.91. The number of hydrogen-bond donors (Lipinski definition) is 1. The Labute approximate surface area is 203 Å². The molecule has 0 spiro atoms. The molecule has 0 heterocycles. The van der Waals surface area contributed by atoms with Crippen molar-refractivity contribution in [2.45, 2.75) is 11.5 Å². The van der Waals surface area contributed by atoms with E-state index in [4.69, 9.17) is 21.1 Å². The number of ether oxygens (including phenoxy) is 2. The lowest BCUT2D eigenvalue weighted by molar-refractivity contribution is -0.387. The Kier molecular flexibility index (Phi) is 7.90. The summed E-state index contributed by atoms with van der Waals surface area (Å²) in [5.74, 6) is 0.839. The lowest BCUT2D eigenvalue weighted by Crippen LogP contribution is -2.19. The highest BCUT2D eigenvalue weighted by Crippen LogP contribution is 2.37. The predicted molar refractivity (Wildman–Crippen MR) is 127 cm³/mol. The van der Waals surface area contributed by atoms with Gasteiger partial charge in [0.15, 0.2) is 16.4 Å². The molecule has 3 aromatic carbocycles. The minimum Gasteiger partial charge on any atom is -0.493 e. The van der Waals surface area contributed by atoms with E-state index in [0.717, 1.165) is 17.7 Å². The van der Waals surface area contributed by atoms with E-state index < -0.39 is 25.5 Å². The third-order valence-corrected chi connectivity index (χ3v) is 6.40. The van der Waals surface area contributed by atoms with Crippen LogP contribution in [0.4, 0.5) is 5.69 Å². The molecule has 0 saturated heterocycles. The van der Waals surface area contributed by atoms with Crippen LogP contribution in [0.5, 0.6) is 11.5 Å². The second kappa shape index (κ2) is 10.6. The van der Waals surface area contributed by atoms with Crippen LogP contribution in [-0.4, -0.2) is 26.7 Å². The first-order chi connectivity index (χ1) is 15.7. The van der Waals surface area contributed by atoms with E-state index in [1.54, 1.807) is 24.3 Å². The van der Waals surface area contributed by atoms with Gasteiger partial charge in [0.2, 0.25) is 0 Å². The average molecular weight is 555 g/mol. The van der Waals surface area contributed by atoms with Crippen LogP contribution in [0.25, 0.3) is 0 Å². The normalized spacial score (nSPS) is 11.4. The van der Waals surface area contributed by atoms with Crippen molar-refractivity contribution in [3.05, 3.63) is 91.4 Å². The number of para-hydroxylation sites is 1. The number of rotatable bonds is 9. The van der Waals surface area contributed by atoms with Crippen LogP contribution in [0.3, 0.4) is 0 Å². The Morgan fingerprint density at radius 2 is 1.88 bits per heavy atom. The lowest BCUT2D eigenvalue weighted by Gasteiger charge is -2.13. The third-order valence-electron chi connectivity index (χ3n) is 4.29. The quantitative estimate of drug-likeness (QED) is 0.228. The van der Waals surface area contributed by atoms with Gasteiger partial charge in [-0.3, -0.25) is 10.1 Å². The Bertz CT molecular complexity index is 1300. The summed E-state index contributed by atoms with van der Waals surface area (Å²) in [6.07, 6.45) is 1.24. The molecule has 3 aromatic rings. The summed E-state index contributed by atoms with van der Waals surface area (Å²) in [5.41, 5.74) is 0.845. The van der Waals surface area contributed by atoms with Gasteiger partial charge in [-0.15, -0.1) is 0 Å². The summed E-state index contributed by atoms with van der Waals surface area (Å²) in [6.45, 7) is 0.273. The molecule has 12 heteroatoms. The minimum absolute atomic E-state index is 0.273. The largest absolute Gasteiger partial charge is 0.493 e. The molecule has 0 aromatic heterocycles. The van der Waals surface area contributed by atoms with Gasteiger partial charge in [-0.1, -0.05) is 35.9 Å². The van der Waals surface area contributed by atoms with E-state index in [1.807, 2.05) is 17.0 Å². The van der Waals surface area contributed by atoms with E-state index in [1.165, 1.54) is 25.5 Å². The van der Waals surface area contributed by atoms with Crippen molar-refractivity contribution in [1.29, 1.82) is 0 Å². The number of nitrogens with zero attached hydrogens (tertiary/aromatic N) is 2. The molecule has 0 amide bonds. The highest BCUT2D eigenvalue weighted by molar-refractivity contribution is 9.10. The Hall–Kier alpha value is -3.15. The van der Waals surface area contributed by atoms with Crippen molar-refractivity contribution < 1.29 is 22.8 Å². The standard InChI is InChI=1S/C21H17BrClN3O6S/c1-31-19-11-15(10-17(22)21(19)32-13-14-6-8-16(23)9-7-14)12-24-25-33(29,30)20-5-3-2-4-18(20)26(27)28/h2-12,25H,13H2,1H3/b24-12-. The fourth-order valence-corrected chi connectivity index (χ4v) is 4.41. The molecular formula is C21H17BrClN3O6S. The number of methoxy groups -OCH3 is 1. The highest BCUT2D eigenvalue weighted by Gasteiger charge is 2.24. The zero-order valence-corrected chi connectivity index (χ0v) is 20.2. The van der Waals surface area contributed by atoms with Gasteiger partial charge in [-0.05, 0) is 57.4 Å². The molecule has 33 heavy (non-hydrogen) atoms. The number of hydrazone groups is 1. The first kappa shape index (κ1) is 24.5. The molecule has 172 valence electrons. The van der Waals surface area contributed by atoms with Crippen molar-refractivity contribution >= 4 is 49.5 Å². The van der Waals surface area contributed by atoms with Crippen LogP contribution < -0.4 is 14.3 Å². The summed E-state index contributed by atoms with van der Waals surface area (Å²) in [5, 5.41) is 15.4. The van der Waals surface area contributed by atoms with Gasteiger partial charge < -0.3 is 9.47 Å². The fraction of sp³-hybridized carbons (Fsp3) is 0.0952. The molecule has 0 fully saturated rings. The number of nitro groups is 1. The molecular weight excluding hydrogens is 538 g/mol. The molecule has 0 aliphatic carbocycles. The summed E-state index contributed by atoms with van der Waals surface area (Å²) in [7, 11) is -2.78. The van der Waals surface area contributed by atoms with Crippen LogP contribution in [0.2, 0.25) is 5.02 Å². The van der Waals surface area contributed by atoms with Gasteiger partial charge in [-0.2, -0.15) is 18.4 Å². The van der Waals surface area contributed by atoms with Crippen molar-refractivity contribution in [3.63, 3.8) is 0 Å². The van der Waals surface area contributed by atoms with Crippen LogP contribution in [0.1, 0.15) is 11.1 Å². The number of sulfonamides is 1. The monoisotopic (exact) mass is 553 g/mol. The number of benzene rings is 3. The van der Waals surface area contributed by atoms with E-state index in [2.05, 4.69) is 21.0 Å². The van der Waals surface area contributed by atoms with Gasteiger partial charge in [0.25, 0.3) is 15.7 Å². The first-order valence-electron chi connectivity index (χ1n) is 9.24. The number of nitro benzene ring substituents is 1. The van der Waals surface area contributed by atoms with Crippen molar-refractivity contribution in [1.82, 2.24) is 4.83 Å².